The van der Waals surface area contributed by atoms with Crippen LogP contribution in [0.3, 0.4) is 0 Å². The number of allylic oxidation sites excluding steroid dienone is 2. The molecule has 1 aliphatic rings. The molecule has 0 N–H and O–H groups in total. The van der Waals surface area contributed by atoms with Gasteiger partial charge in [0.15, 0.2) is 0 Å². The predicted octanol–water partition coefficient (Wildman–Crippen LogP) is 7.53. The van der Waals surface area contributed by atoms with Gasteiger partial charge in [-0.25, -0.2) is 0 Å². The van der Waals surface area contributed by atoms with Crippen molar-refractivity contribution in [1.29, 1.82) is 0 Å². The summed E-state index contributed by atoms with van der Waals surface area (Å²) in [7, 11) is -2.56. The zero-order valence-electron chi connectivity index (χ0n) is 21.7. The Morgan fingerprint density at radius 2 is 1.55 bits per heavy atom. The molecule has 178 valence electrons. The van der Waals surface area contributed by atoms with Gasteiger partial charge in [-0.15, -0.1) is 6.58 Å². The van der Waals surface area contributed by atoms with Gasteiger partial charge in [0.1, 0.15) is 0 Å². The van der Waals surface area contributed by atoms with Gasteiger partial charge >= 0.3 is 0 Å². The zero-order valence-corrected chi connectivity index (χ0v) is 22.7. The lowest BCUT2D eigenvalue weighted by atomic mass is 9.75. The summed E-state index contributed by atoms with van der Waals surface area (Å²) in [5.41, 5.74) is 1.55. The van der Waals surface area contributed by atoms with E-state index in [2.05, 4.69) is 121 Å². The van der Waals surface area contributed by atoms with E-state index in [4.69, 9.17) is 4.43 Å². The van der Waals surface area contributed by atoms with Crippen molar-refractivity contribution >= 4 is 18.7 Å². The molecule has 0 radical (unpaired) electrons. The predicted molar refractivity (Wildman–Crippen MR) is 147 cm³/mol. The van der Waals surface area contributed by atoms with Gasteiger partial charge in [0.2, 0.25) is 0 Å². The largest absolute Gasteiger partial charge is 0.404 e. The minimum absolute atomic E-state index is 0.00690. The lowest BCUT2D eigenvalue weighted by Crippen LogP contribution is -2.67. The molecule has 0 amide bonds. The van der Waals surface area contributed by atoms with Crippen molar-refractivity contribution in [3.8, 4) is 0 Å². The monoisotopic (exact) mass is 460 g/mol. The van der Waals surface area contributed by atoms with E-state index in [1.165, 1.54) is 23.2 Å². The molecule has 2 heteroatoms. The summed E-state index contributed by atoms with van der Waals surface area (Å²) in [6, 6.07) is 22.0. The Hall–Kier alpha value is -1.90. The molecule has 0 spiro atoms. The van der Waals surface area contributed by atoms with Crippen LogP contribution in [0.25, 0.3) is 0 Å². The second-order valence-electron chi connectivity index (χ2n) is 11.3. The normalized spacial score (nSPS) is 20.4. The highest BCUT2D eigenvalue weighted by atomic mass is 28.4. The standard InChI is InChI=1S/C31H44OSi/c1-8-15-28(23-27-22-26(24(2)3)21-20-25(27)4)32-33(31(5,6)7,29-16-11-9-12-17-29)30-18-13-10-14-19-30/h8-14,16-20,24,26-28H,1,15,21-23H2,2-7H3/t26-,27+,28+/m0/s1. The molecule has 0 fully saturated rings. The van der Waals surface area contributed by atoms with Crippen molar-refractivity contribution in [2.24, 2.45) is 17.8 Å². The summed E-state index contributed by atoms with van der Waals surface area (Å²) in [5, 5.41) is 2.70. The highest BCUT2D eigenvalue weighted by Gasteiger charge is 2.51. The molecule has 2 aromatic rings. The first-order valence-electron chi connectivity index (χ1n) is 12.8. The summed E-state index contributed by atoms with van der Waals surface area (Å²) in [6.07, 6.45) is 9.17. The first-order chi connectivity index (χ1) is 15.7. The van der Waals surface area contributed by atoms with Crippen molar-refractivity contribution in [2.75, 3.05) is 0 Å². The van der Waals surface area contributed by atoms with E-state index >= 15 is 0 Å². The molecule has 0 unspecified atom stereocenters. The van der Waals surface area contributed by atoms with Crippen LogP contribution in [0, 0.1) is 17.8 Å². The number of hydrogen-bond acceptors (Lipinski definition) is 1. The number of benzene rings is 2. The molecule has 2 aromatic carbocycles. The van der Waals surface area contributed by atoms with Gasteiger partial charge in [0, 0.05) is 6.10 Å². The molecule has 0 aliphatic heterocycles. The molecular formula is C31H44OSi. The average Bonchev–Trinajstić information content (AvgIpc) is 2.79. The second-order valence-corrected chi connectivity index (χ2v) is 15.5. The van der Waals surface area contributed by atoms with Crippen LogP contribution in [0.1, 0.15) is 67.2 Å². The Morgan fingerprint density at radius 1 is 1.00 bits per heavy atom. The highest BCUT2D eigenvalue weighted by molar-refractivity contribution is 6.99. The van der Waals surface area contributed by atoms with Crippen LogP contribution >= 0.6 is 0 Å². The Morgan fingerprint density at radius 3 is 2.00 bits per heavy atom. The van der Waals surface area contributed by atoms with Crippen molar-refractivity contribution < 1.29 is 4.43 Å². The molecule has 0 aromatic heterocycles. The molecular weight excluding hydrogens is 416 g/mol. The van der Waals surface area contributed by atoms with Crippen LogP contribution < -0.4 is 10.4 Å². The maximum absolute atomic E-state index is 7.50. The van der Waals surface area contributed by atoms with E-state index < -0.39 is 8.32 Å². The van der Waals surface area contributed by atoms with E-state index in [1.54, 1.807) is 5.57 Å². The molecule has 0 saturated heterocycles. The molecule has 3 atom stereocenters. The topological polar surface area (TPSA) is 9.23 Å². The Balaban J connectivity index is 2.03. The van der Waals surface area contributed by atoms with E-state index in [-0.39, 0.29) is 11.1 Å². The lowest BCUT2D eigenvalue weighted by molar-refractivity contribution is 0.150. The fraction of sp³-hybridized carbons (Fsp3) is 0.484. The highest BCUT2D eigenvalue weighted by Crippen LogP contribution is 2.41. The fourth-order valence-corrected chi connectivity index (χ4v) is 10.3. The van der Waals surface area contributed by atoms with E-state index in [9.17, 15) is 0 Å². The van der Waals surface area contributed by atoms with E-state index in [0.717, 1.165) is 24.7 Å². The Labute approximate surface area is 204 Å². The molecule has 0 heterocycles. The molecule has 1 aliphatic carbocycles. The number of rotatable bonds is 9. The maximum Gasteiger partial charge on any atom is 0.261 e. The van der Waals surface area contributed by atoms with Gasteiger partial charge < -0.3 is 4.43 Å². The first kappa shape index (κ1) is 25.7. The summed E-state index contributed by atoms with van der Waals surface area (Å²) in [4.78, 5) is 0. The fourth-order valence-electron chi connectivity index (χ4n) is 5.61. The van der Waals surface area contributed by atoms with Gasteiger partial charge in [-0.3, -0.25) is 0 Å². The van der Waals surface area contributed by atoms with E-state index in [0.29, 0.717) is 5.92 Å². The molecule has 1 nitrogen and oxygen atoms in total. The van der Waals surface area contributed by atoms with Crippen LogP contribution in [0.4, 0.5) is 0 Å². The molecule has 33 heavy (non-hydrogen) atoms. The van der Waals surface area contributed by atoms with Crippen molar-refractivity contribution in [3.05, 3.63) is 85.0 Å². The molecule has 3 rings (SSSR count). The van der Waals surface area contributed by atoms with Crippen molar-refractivity contribution in [1.82, 2.24) is 0 Å². The maximum atomic E-state index is 7.50. The first-order valence-corrected chi connectivity index (χ1v) is 14.7. The van der Waals surface area contributed by atoms with Gasteiger partial charge in [-0.1, -0.05) is 113 Å². The SMILES string of the molecule is C=CC[C@H](C[C@H]1C[C@@H](C(C)C)CC=C1C)O[Si](c1ccccc1)(c1ccccc1)C(C)(C)C. The lowest BCUT2D eigenvalue weighted by Gasteiger charge is -2.46. The minimum Gasteiger partial charge on any atom is -0.404 e. The quantitative estimate of drug-likeness (QED) is 0.278. The van der Waals surface area contributed by atoms with Crippen LogP contribution in [-0.4, -0.2) is 14.4 Å². The van der Waals surface area contributed by atoms with Gasteiger partial charge in [0.05, 0.1) is 0 Å². The summed E-state index contributed by atoms with van der Waals surface area (Å²) < 4.78 is 7.50. The third kappa shape index (κ3) is 5.78. The number of hydrogen-bond donors (Lipinski definition) is 0. The molecule has 0 bridgehead atoms. The van der Waals surface area contributed by atoms with Crippen LogP contribution in [0.2, 0.25) is 5.04 Å². The second kappa shape index (κ2) is 11.0. The van der Waals surface area contributed by atoms with Gasteiger partial charge in [-0.2, -0.15) is 0 Å². The van der Waals surface area contributed by atoms with E-state index in [1.807, 2.05) is 0 Å². The average molecular weight is 461 g/mol. The summed E-state index contributed by atoms with van der Waals surface area (Å²) in [6.45, 7) is 18.3. The van der Waals surface area contributed by atoms with Gasteiger partial charge in [0.25, 0.3) is 8.32 Å². The summed E-state index contributed by atoms with van der Waals surface area (Å²) in [5.74, 6) is 2.09. The van der Waals surface area contributed by atoms with Crippen molar-refractivity contribution in [2.45, 2.75) is 78.4 Å². The third-order valence-corrected chi connectivity index (χ3v) is 12.7. The Bertz CT molecular complexity index is 867. The zero-order chi connectivity index (χ0) is 24.1. The van der Waals surface area contributed by atoms with Crippen molar-refractivity contribution in [3.63, 3.8) is 0 Å². The van der Waals surface area contributed by atoms with Crippen LogP contribution in [-0.2, 0) is 4.43 Å². The molecule has 0 saturated carbocycles. The summed E-state index contributed by atoms with van der Waals surface area (Å²) >= 11 is 0. The van der Waals surface area contributed by atoms with Gasteiger partial charge in [-0.05, 0) is 65.8 Å². The minimum atomic E-state index is -2.56. The Kier molecular flexibility index (Phi) is 8.58. The smallest absolute Gasteiger partial charge is 0.261 e. The van der Waals surface area contributed by atoms with Crippen LogP contribution in [0.5, 0.6) is 0 Å². The van der Waals surface area contributed by atoms with Crippen LogP contribution in [0.15, 0.2) is 85.0 Å². The third-order valence-electron chi connectivity index (χ3n) is 7.65.